The Kier molecular flexibility index (Phi) is 6.40. The van der Waals surface area contributed by atoms with Crippen molar-refractivity contribution >= 4 is 29.5 Å². The van der Waals surface area contributed by atoms with E-state index in [0.29, 0.717) is 0 Å². The monoisotopic (exact) mass is 437 g/mol. The zero-order valence-corrected chi connectivity index (χ0v) is 17.0. The molecule has 1 atom stereocenters. The maximum atomic E-state index is 14.0. The van der Waals surface area contributed by atoms with Crippen molar-refractivity contribution in [3.8, 4) is 0 Å². The number of benzene rings is 1. The van der Waals surface area contributed by atoms with E-state index in [-0.39, 0.29) is 23.4 Å². The topological polar surface area (TPSA) is 110 Å². The number of amides is 3. The number of carbonyl (C=O) groups excluding carboxylic acids is 3. The Morgan fingerprint density at radius 1 is 1.33 bits per heavy atom. The number of likely N-dealkylation sites (tertiary alicyclic amines) is 1. The largest absolute Gasteiger partial charge is 0.366 e. The third-order valence-electron chi connectivity index (χ3n) is 4.65. The van der Waals surface area contributed by atoms with Crippen molar-refractivity contribution < 1.29 is 23.2 Å². The standard InChI is InChI=1S/C19H21F2N5O3S/c1-25-9-15(8-24-25)30-10-16(27)26-11-19(20,21)6-14(26)7-23-18(29)13-4-2-3-12(5-13)17(22)28/h2-5,8-9,14H,6-7,10-11H2,1H3,(H2,22,28)(H,23,29). The zero-order chi connectivity index (χ0) is 21.9. The highest BCUT2D eigenvalue weighted by Gasteiger charge is 2.46. The number of nitrogens with one attached hydrogen (secondary N) is 1. The maximum absolute atomic E-state index is 14.0. The molecule has 0 saturated carbocycles. The van der Waals surface area contributed by atoms with E-state index in [1.165, 1.54) is 36.0 Å². The highest BCUT2D eigenvalue weighted by atomic mass is 32.2. The molecule has 0 spiro atoms. The molecule has 1 unspecified atom stereocenters. The first-order valence-corrected chi connectivity index (χ1v) is 10.1. The van der Waals surface area contributed by atoms with Crippen LogP contribution >= 0.6 is 11.8 Å². The highest BCUT2D eigenvalue weighted by Crippen LogP contribution is 2.32. The molecule has 8 nitrogen and oxygen atoms in total. The molecular formula is C19H21F2N5O3S. The Balaban J connectivity index is 1.61. The van der Waals surface area contributed by atoms with Gasteiger partial charge in [0.25, 0.3) is 11.8 Å². The molecular weight excluding hydrogens is 416 g/mol. The molecule has 2 heterocycles. The van der Waals surface area contributed by atoms with Gasteiger partial charge in [-0.25, -0.2) is 8.78 Å². The minimum atomic E-state index is -3.02. The lowest BCUT2D eigenvalue weighted by atomic mass is 10.1. The van der Waals surface area contributed by atoms with Gasteiger partial charge in [0.15, 0.2) is 0 Å². The molecule has 0 bridgehead atoms. The second-order valence-corrected chi connectivity index (χ2v) is 8.08. The molecule has 3 amide bonds. The summed E-state index contributed by atoms with van der Waals surface area (Å²) in [5.74, 6) is -4.67. The van der Waals surface area contributed by atoms with E-state index >= 15 is 0 Å². The number of aromatic nitrogens is 2. The first kappa shape index (κ1) is 21.8. The molecule has 0 aliphatic carbocycles. The summed E-state index contributed by atoms with van der Waals surface area (Å²) < 4.78 is 29.6. The zero-order valence-electron chi connectivity index (χ0n) is 16.2. The average molecular weight is 437 g/mol. The molecule has 1 aliphatic rings. The van der Waals surface area contributed by atoms with E-state index in [1.807, 2.05) is 0 Å². The van der Waals surface area contributed by atoms with Gasteiger partial charge in [-0.2, -0.15) is 5.10 Å². The average Bonchev–Trinajstić information content (AvgIpc) is 3.26. The molecule has 1 saturated heterocycles. The van der Waals surface area contributed by atoms with Gasteiger partial charge in [0.1, 0.15) is 0 Å². The fourth-order valence-corrected chi connectivity index (χ4v) is 4.00. The smallest absolute Gasteiger partial charge is 0.267 e. The number of carbonyl (C=O) groups is 3. The quantitative estimate of drug-likeness (QED) is 0.634. The van der Waals surface area contributed by atoms with Gasteiger partial charge < -0.3 is 16.0 Å². The molecule has 11 heteroatoms. The second-order valence-electron chi connectivity index (χ2n) is 7.03. The lowest BCUT2D eigenvalue weighted by Gasteiger charge is -2.24. The maximum Gasteiger partial charge on any atom is 0.267 e. The Morgan fingerprint density at radius 2 is 2.07 bits per heavy atom. The lowest BCUT2D eigenvalue weighted by Crippen LogP contribution is -2.44. The molecule has 160 valence electrons. The molecule has 1 aromatic carbocycles. The summed E-state index contributed by atoms with van der Waals surface area (Å²) in [5, 5.41) is 6.57. The van der Waals surface area contributed by atoms with Gasteiger partial charge in [0.05, 0.1) is 24.5 Å². The Hall–Kier alpha value is -2.95. The molecule has 3 N–H and O–H groups in total. The predicted molar refractivity (Wildman–Crippen MR) is 106 cm³/mol. The summed E-state index contributed by atoms with van der Waals surface area (Å²) in [5.41, 5.74) is 5.55. The van der Waals surface area contributed by atoms with Crippen molar-refractivity contribution in [3.05, 3.63) is 47.8 Å². The number of rotatable bonds is 7. The van der Waals surface area contributed by atoms with Crippen LogP contribution in [0.1, 0.15) is 27.1 Å². The first-order chi connectivity index (χ1) is 14.1. The minimum absolute atomic E-state index is 0.00707. The third kappa shape index (κ3) is 5.35. The van der Waals surface area contributed by atoms with Crippen molar-refractivity contribution in [2.45, 2.75) is 23.3 Å². The number of nitrogens with two attached hydrogens (primary N) is 1. The minimum Gasteiger partial charge on any atom is -0.366 e. The van der Waals surface area contributed by atoms with E-state index < -0.39 is 42.7 Å². The molecule has 1 aliphatic heterocycles. The fourth-order valence-electron chi connectivity index (χ4n) is 3.20. The fraction of sp³-hybridized carbons (Fsp3) is 0.368. The van der Waals surface area contributed by atoms with Crippen LogP contribution in [0.3, 0.4) is 0 Å². The summed E-state index contributed by atoms with van der Waals surface area (Å²) in [6.07, 6.45) is 2.79. The number of aryl methyl sites for hydroxylation is 1. The van der Waals surface area contributed by atoms with E-state index in [2.05, 4.69) is 10.4 Å². The van der Waals surface area contributed by atoms with Crippen LogP contribution in [0.5, 0.6) is 0 Å². The van der Waals surface area contributed by atoms with Gasteiger partial charge >= 0.3 is 0 Å². The van der Waals surface area contributed by atoms with E-state index in [9.17, 15) is 23.2 Å². The summed E-state index contributed by atoms with van der Waals surface area (Å²) in [4.78, 5) is 38.0. The number of halogens is 2. The predicted octanol–water partition coefficient (Wildman–Crippen LogP) is 1.28. The van der Waals surface area contributed by atoms with Gasteiger partial charge in [0.2, 0.25) is 11.8 Å². The number of alkyl halides is 2. The second kappa shape index (κ2) is 8.82. The van der Waals surface area contributed by atoms with Crippen molar-refractivity contribution in [2.24, 2.45) is 12.8 Å². The lowest BCUT2D eigenvalue weighted by molar-refractivity contribution is -0.130. The van der Waals surface area contributed by atoms with Crippen molar-refractivity contribution in [1.82, 2.24) is 20.0 Å². The number of primary amides is 1. The molecule has 1 fully saturated rings. The molecule has 30 heavy (non-hydrogen) atoms. The Labute approximate surface area is 175 Å². The molecule has 0 radical (unpaired) electrons. The Bertz CT molecular complexity index is 965. The van der Waals surface area contributed by atoms with Crippen LogP contribution in [0.4, 0.5) is 8.78 Å². The van der Waals surface area contributed by atoms with Crippen LogP contribution in [0.25, 0.3) is 0 Å². The van der Waals surface area contributed by atoms with Gasteiger partial charge in [0, 0.05) is 42.2 Å². The van der Waals surface area contributed by atoms with Gasteiger partial charge in [-0.3, -0.25) is 19.1 Å². The van der Waals surface area contributed by atoms with Crippen LogP contribution in [-0.4, -0.2) is 63.2 Å². The summed E-state index contributed by atoms with van der Waals surface area (Å²) in [6.45, 7) is -0.810. The van der Waals surface area contributed by atoms with Crippen LogP contribution in [0.2, 0.25) is 0 Å². The van der Waals surface area contributed by atoms with Gasteiger partial charge in [-0.1, -0.05) is 6.07 Å². The van der Waals surface area contributed by atoms with Crippen molar-refractivity contribution in [1.29, 1.82) is 0 Å². The number of nitrogens with zero attached hydrogens (tertiary/aromatic N) is 3. The van der Waals surface area contributed by atoms with Gasteiger partial charge in [-0.05, 0) is 18.2 Å². The van der Waals surface area contributed by atoms with Crippen LogP contribution < -0.4 is 11.1 Å². The summed E-state index contributed by atoms with van der Waals surface area (Å²) in [7, 11) is 1.74. The van der Waals surface area contributed by atoms with Gasteiger partial charge in [-0.15, -0.1) is 11.8 Å². The SMILES string of the molecule is Cn1cc(SCC(=O)N2CC(F)(F)CC2CNC(=O)c2cccc(C(N)=O)c2)cn1. The third-order valence-corrected chi connectivity index (χ3v) is 5.58. The van der Waals surface area contributed by atoms with E-state index in [4.69, 9.17) is 5.73 Å². The van der Waals surface area contributed by atoms with Crippen LogP contribution in [0.15, 0.2) is 41.6 Å². The number of hydrogen-bond acceptors (Lipinski definition) is 5. The van der Waals surface area contributed by atoms with Crippen LogP contribution in [-0.2, 0) is 11.8 Å². The van der Waals surface area contributed by atoms with E-state index in [0.717, 1.165) is 9.80 Å². The van der Waals surface area contributed by atoms with Crippen molar-refractivity contribution in [2.75, 3.05) is 18.8 Å². The summed E-state index contributed by atoms with van der Waals surface area (Å²) in [6, 6.07) is 4.96. The highest BCUT2D eigenvalue weighted by molar-refractivity contribution is 8.00. The molecule has 2 aromatic rings. The first-order valence-electron chi connectivity index (χ1n) is 9.11. The van der Waals surface area contributed by atoms with Crippen LogP contribution in [0, 0.1) is 0 Å². The number of hydrogen-bond donors (Lipinski definition) is 2. The molecule has 1 aromatic heterocycles. The van der Waals surface area contributed by atoms with Crippen molar-refractivity contribution in [3.63, 3.8) is 0 Å². The normalized spacial score (nSPS) is 17.7. The summed E-state index contributed by atoms with van der Waals surface area (Å²) >= 11 is 1.21. The number of thioether (sulfide) groups is 1. The Morgan fingerprint density at radius 3 is 2.73 bits per heavy atom. The van der Waals surface area contributed by atoms with E-state index in [1.54, 1.807) is 24.1 Å². The molecule has 3 rings (SSSR count).